The molecule has 1 aliphatic rings. The standard InChI is InChI=1S/C14H20N2O3/c1-9-5-6-16(8-10(9)7-15)14(19)11-3-2-4-12(17)13(11)18/h2-4,9-10,17-18H,5-8,15H2,1H3. The van der Waals surface area contributed by atoms with Crippen molar-refractivity contribution in [3.05, 3.63) is 23.8 Å². The number of likely N-dealkylation sites (tertiary alicyclic amines) is 1. The Balaban J connectivity index is 2.18. The highest BCUT2D eigenvalue weighted by Gasteiger charge is 2.29. The smallest absolute Gasteiger partial charge is 0.257 e. The Morgan fingerprint density at radius 1 is 1.47 bits per heavy atom. The normalized spacial score (nSPS) is 23.4. The lowest BCUT2D eigenvalue weighted by molar-refractivity contribution is 0.0615. The van der Waals surface area contributed by atoms with E-state index in [-0.39, 0.29) is 28.9 Å². The summed E-state index contributed by atoms with van der Waals surface area (Å²) in [4.78, 5) is 14.1. The fourth-order valence-corrected chi connectivity index (χ4v) is 2.52. The van der Waals surface area contributed by atoms with Crippen LogP contribution in [0, 0.1) is 11.8 Å². The molecule has 1 saturated heterocycles. The first-order valence-electron chi connectivity index (χ1n) is 6.55. The number of phenols is 2. The Morgan fingerprint density at radius 2 is 2.21 bits per heavy atom. The monoisotopic (exact) mass is 264 g/mol. The van der Waals surface area contributed by atoms with Crippen LogP contribution >= 0.6 is 0 Å². The number of carbonyl (C=O) groups excluding carboxylic acids is 1. The Bertz CT molecular complexity index is 476. The lowest BCUT2D eigenvalue weighted by Gasteiger charge is -2.36. The molecule has 2 rings (SSSR count). The fraction of sp³-hybridized carbons (Fsp3) is 0.500. The molecule has 1 aromatic carbocycles. The number of hydrogen-bond donors (Lipinski definition) is 3. The SMILES string of the molecule is CC1CCN(C(=O)c2cccc(O)c2O)CC1CN. The van der Waals surface area contributed by atoms with Crippen molar-refractivity contribution in [3.63, 3.8) is 0 Å². The van der Waals surface area contributed by atoms with Gasteiger partial charge in [-0.15, -0.1) is 0 Å². The molecule has 19 heavy (non-hydrogen) atoms. The van der Waals surface area contributed by atoms with E-state index in [1.807, 2.05) is 0 Å². The van der Waals surface area contributed by atoms with E-state index in [4.69, 9.17) is 5.73 Å². The van der Waals surface area contributed by atoms with Gasteiger partial charge in [0.25, 0.3) is 5.91 Å². The Hall–Kier alpha value is -1.75. The highest BCUT2D eigenvalue weighted by molar-refractivity contribution is 5.97. The summed E-state index contributed by atoms with van der Waals surface area (Å²) in [6.07, 6.45) is 0.910. The highest BCUT2D eigenvalue weighted by atomic mass is 16.3. The molecule has 1 heterocycles. The van der Waals surface area contributed by atoms with Gasteiger partial charge in [-0.1, -0.05) is 13.0 Å². The van der Waals surface area contributed by atoms with Gasteiger partial charge in [-0.2, -0.15) is 0 Å². The fourth-order valence-electron chi connectivity index (χ4n) is 2.52. The zero-order chi connectivity index (χ0) is 14.0. The van der Waals surface area contributed by atoms with Crippen molar-refractivity contribution in [2.75, 3.05) is 19.6 Å². The molecular formula is C14H20N2O3. The number of benzene rings is 1. The third kappa shape index (κ3) is 2.66. The maximum absolute atomic E-state index is 12.4. The van der Waals surface area contributed by atoms with Crippen molar-refractivity contribution in [3.8, 4) is 11.5 Å². The van der Waals surface area contributed by atoms with Gasteiger partial charge in [0.05, 0.1) is 5.56 Å². The van der Waals surface area contributed by atoms with Gasteiger partial charge in [0.1, 0.15) is 0 Å². The number of carbonyl (C=O) groups is 1. The van der Waals surface area contributed by atoms with Crippen LogP contribution < -0.4 is 5.73 Å². The minimum Gasteiger partial charge on any atom is -0.504 e. The van der Waals surface area contributed by atoms with Crippen LogP contribution in [-0.2, 0) is 0 Å². The zero-order valence-electron chi connectivity index (χ0n) is 11.0. The molecule has 0 spiro atoms. The lowest BCUT2D eigenvalue weighted by atomic mass is 9.87. The van der Waals surface area contributed by atoms with Gasteiger partial charge in [0.2, 0.25) is 0 Å². The molecule has 5 nitrogen and oxygen atoms in total. The number of hydrogen-bond acceptors (Lipinski definition) is 4. The van der Waals surface area contributed by atoms with Crippen LogP contribution in [0.25, 0.3) is 0 Å². The number of rotatable bonds is 2. The molecule has 0 radical (unpaired) electrons. The van der Waals surface area contributed by atoms with Crippen LogP contribution in [0.3, 0.4) is 0 Å². The van der Waals surface area contributed by atoms with E-state index in [9.17, 15) is 15.0 Å². The first-order chi connectivity index (χ1) is 9.04. The summed E-state index contributed by atoms with van der Waals surface area (Å²) in [6.45, 7) is 3.96. The molecule has 5 heteroatoms. The number of para-hydroxylation sites is 1. The Labute approximate surface area is 112 Å². The van der Waals surface area contributed by atoms with E-state index < -0.39 is 0 Å². The van der Waals surface area contributed by atoms with Crippen molar-refractivity contribution >= 4 is 5.91 Å². The van der Waals surface area contributed by atoms with Gasteiger partial charge >= 0.3 is 0 Å². The number of nitrogens with zero attached hydrogens (tertiary/aromatic N) is 1. The van der Waals surface area contributed by atoms with Crippen molar-refractivity contribution in [2.24, 2.45) is 17.6 Å². The Morgan fingerprint density at radius 3 is 2.89 bits per heavy atom. The second-order valence-electron chi connectivity index (χ2n) is 5.19. The molecule has 0 aliphatic carbocycles. The Kier molecular flexibility index (Phi) is 3.95. The maximum Gasteiger partial charge on any atom is 0.257 e. The molecule has 1 fully saturated rings. The number of piperidine rings is 1. The summed E-state index contributed by atoms with van der Waals surface area (Å²) in [6, 6.07) is 4.43. The van der Waals surface area contributed by atoms with Crippen LogP contribution in [-0.4, -0.2) is 40.7 Å². The summed E-state index contributed by atoms with van der Waals surface area (Å²) >= 11 is 0. The second kappa shape index (κ2) is 5.48. The number of amides is 1. The van der Waals surface area contributed by atoms with Gasteiger partial charge in [-0.05, 0) is 36.9 Å². The number of phenolic OH excluding ortho intramolecular Hbond substituents is 2. The first kappa shape index (κ1) is 13.7. The summed E-state index contributed by atoms with van der Waals surface area (Å²) in [5.74, 6) is -0.0789. The molecule has 1 aromatic rings. The van der Waals surface area contributed by atoms with Crippen molar-refractivity contribution in [2.45, 2.75) is 13.3 Å². The summed E-state index contributed by atoms with van der Waals surface area (Å²) < 4.78 is 0. The third-order valence-corrected chi connectivity index (χ3v) is 3.95. The van der Waals surface area contributed by atoms with Crippen LogP contribution in [0.4, 0.5) is 0 Å². The molecule has 0 bridgehead atoms. The topological polar surface area (TPSA) is 86.8 Å². The minimum absolute atomic E-state index is 0.144. The maximum atomic E-state index is 12.4. The highest BCUT2D eigenvalue weighted by Crippen LogP contribution is 2.31. The van der Waals surface area contributed by atoms with Gasteiger partial charge in [0, 0.05) is 13.1 Å². The summed E-state index contributed by atoms with van der Waals surface area (Å²) in [5.41, 5.74) is 5.87. The van der Waals surface area contributed by atoms with Crippen molar-refractivity contribution < 1.29 is 15.0 Å². The van der Waals surface area contributed by atoms with E-state index in [0.717, 1.165) is 6.42 Å². The predicted octanol–water partition coefficient (Wildman–Crippen LogP) is 1.15. The molecule has 1 aliphatic heterocycles. The summed E-state index contributed by atoms with van der Waals surface area (Å²) in [5, 5.41) is 19.2. The van der Waals surface area contributed by atoms with Gasteiger partial charge in [0.15, 0.2) is 11.5 Å². The van der Waals surface area contributed by atoms with Crippen LogP contribution in [0.2, 0.25) is 0 Å². The van der Waals surface area contributed by atoms with E-state index >= 15 is 0 Å². The van der Waals surface area contributed by atoms with E-state index in [1.54, 1.807) is 11.0 Å². The van der Waals surface area contributed by atoms with Gasteiger partial charge in [-0.3, -0.25) is 4.79 Å². The zero-order valence-corrected chi connectivity index (χ0v) is 11.0. The largest absolute Gasteiger partial charge is 0.504 e. The minimum atomic E-state index is -0.351. The lowest BCUT2D eigenvalue weighted by Crippen LogP contribution is -2.45. The van der Waals surface area contributed by atoms with Crippen molar-refractivity contribution in [1.82, 2.24) is 4.90 Å². The van der Waals surface area contributed by atoms with Gasteiger partial charge < -0.3 is 20.8 Å². The van der Waals surface area contributed by atoms with E-state index in [2.05, 4.69) is 6.92 Å². The summed E-state index contributed by atoms with van der Waals surface area (Å²) in [7, 11) is 0. The molecule has 0 aromatic heterocycles. The van der Waals surface area contributed by atoms with Crippen molar-refractivity contribution in [1.29, 1.82) is 0 Å². The molecule has 2 unspecified atom stereocenters. The van der Waals surface area contributed by atoms with Crippen LogP contribution in [0.1, 0.15) is 23.7 Å². The quantitative estimate of drug-likeness (QED) is 0.699. The molecular weight excluding hydrogens is 244 g/mol. The predicted molar refractivity (Wildman–Crippen MR) is 72.0 cm³/mol. The molecule has 4 N–H and O–H groups in total. The van der Waals surface area contributed by atoms with Crippen LogP contribution in [0.5, 0.6) is 11.5 Å². The van der Waals surface area contributed by atoms with E-state index in [0.29, 0.717) is 25.6 Å². The average Bonchev–Trinajstić information content (AvgIpc) is 2.41. The molecule has 2 atom stereocenters. The first-order valence-corrected chi connectivity index (χ1v) is 6.55. The number of aromatic hydroxyl groups is 2. The number of nitrogens with two attached hydrogens (primary N) is 1. The second-order valence-corrected chi connectivity index (χ2v) is 5.19. The van der Waals surface area contributed by atoms with Crippen LogP contribution in [0.15, 0.2) is 18.2 Å². The average molecular weight is 264 g/mol. The molecule has 104 valence electrons. The molecule has 0 saturated carbocycles. The molecule has 1 amide bonds. The van der Waals surface area contributed by atoms with E-state index in [1.165, 1.54) is 12.1 Å². The van der Waals surface area contributed by atoms with Gasteiger partial charge in [-0.25, -0.2) is 0 Å². The third-order valence-electron chi connectivity index (χ3n) is 3.95.